The first-order valence-corrected chi connectivity index (χ1v) is 5.69. The van der Waals surface area contributed by atoms with Crippen molar-refractivity contribution in [1.82, 2.24) is 0 Å². The zero-order valence-electron chi connectivity index (χ0n) is 8.19. The van der Waals surface area contributed by atoms with Crippen molar-refractivity contribution in [1.29, 1.82) is 0 Å². The van der Waals surface area contributed by atoms with E-state index in [2.05, 4.69) is 20.7 Å². The van der Waals surface area contributed by atoms with Crippen molar-refractivity contribution in [2.24, 2.45) is 0 Å². The maximum Gasteiger partial charge on any atom is 0.573 e. The molecule has 0 atom stereocenters. The van der Waals surface area contributed by atoms with Crippen LogP contribution in [-0.2, 0) is 0 Å². The Balaban J connectivity index is 3.17. The lowest BCUT2D eigenvalue weighted by Gasteiger charge is -2.15. The maximum absolute atomic E-state index is 12.2. The minimum absolute atomic E-state index is 0.00766. The van der Waals surface area contributed by atoms with Gasteiger partial charge in [0.25, 0.3) is 0 Å². The van der Waals surface area contributed by atoms with E-state index < -0.39 is 34.3 Å². The predicted octanol–water partition coefficient (Wildman–Crippen LogP) is 4.54. The van der Waals surface area contributed by atoms with Gasteiger partial charge in [-0.05, 0) is 39.8 Å². The van der Waals surface area contributed by atoms with Gasteiger partial charge in [0.2, 0.25) is 0 Å². The molecule has 0 heterocycles. The van der Waals surface area contributed by atoms with Gasteiger partial charge in [0.05, 0.1) is 4.90 Å². The summed E-state index contributed by atoms with van der Waals surface area (Å²) in [5, 5.41) is 0. The first-order chi connectivity index (χ1) is 7.98. The second-order valence-electron chi connectivity index (χ2n) is 2.92. The van der Waals surface area contributed by atoms with E-state index in [0.717, 1.165) is 12.1 Å². The summed E-state index contributed by atoms with van der Waals surface area (Å²) in [6, 6.07) is 1.49. The Kier molecular flexibility index (Phi) is 4.31. The molecule has 0 amide bonds. The highest BCUT2D eigenvalue weighted by Gasteiger charge is 2.36. The quantitative estimate of drug-likeness (QED) is 0.480. The zero-order chi connectivity index (χ0) is 14.1. The smallest absolute Gasteiger partial charge is 0.405 e. The molecule has 0 aliphatic heterocycles. The lowest BCUT2D eigenvalue weighted by atomic mass is 10.3. The molecule has 1 aromatic rings. The van der Waals surface area contributed by atoms with Crippen LogP contribution in [0, 0.1) is 0 Å². The Hall–Kier alpha value is -0.770. The van der Waals surface area contributed by atoms with Crippen molar-refractivity contribution < 1.29 is 31.1 Å². The van der Waals surface area contributed by atoms with Gasteiger partial charge < -0.3 is 10.5 Å². The van der Waals surface area contributed by atoms with Gasteiger partial charge in [0.15, 0.2) is 0 Å². The summed E-state index contributed by atoms with van der Waals surface area (Å²) in [6.07, 6.45) is -5.09. The second-order valence-corrected chi connectivity index (χ2v) is 4.88. The Bertz CT molecular complexity index is 405. The number of nitrogen functional groups attached to an aromatic ring is 1. The first kappa shape index (κ1) is 15.3. The maximum atomic E-state index is 12.2. The van der Waals surface area contributed by atoms with Crippen LogP contribution in [0.3, 0.4) is 0 Å². The molecule has 1 rings (SSSR count). The van der Waals surface area contributed by atoms with Crippen LogP contribution in [0.15, 0.2) is 21.5 Å². The molecule has 18 heavy (non-hydrogen) atoms. The Morgan fingerprint density at radius 3 is 2.11 bits per heavy atom. The summed E-state index contributed by atoms with van der Waals surface area (Å²) in [7, 11) is 0. The fraction of sp³-hybridized carbons (Fsp3) is 0.250. The summed E-state index contributed by atoms with van der Waals surface area (Å²) in [5.41, 5.74) is 0.433. The SMILES string of the molecule is Nc1cc(SC(F)(F)F)c(OC(F)(F)F)cc1Br. The van der Waals surface area contributed by atoms with Gasteiger partial charge in [-0.25, -0.2) is 0 Å². The van der Waals surface area contributed by atoms with E-state index in [9.17, 15) is 26.3 Å². The van der Waals surface area contributed by atoms with Crippen LogP contribution in [0.2, 0.25) is 0 Å². The number of ether oxygens (including phenoxy) is 1. The fourth-order valence-corrected chi connectivity index (χ4v) is 1.92. The van der Waals surface area contributed by atoms with Gasteiger partial charge in [0, 0.05) is 10.2 Å². The van der Waals surface area contributed by atoms with Crippen molar-refractivity contribution in [2.45, 2.75) is 16.8 Å². The molecule has 0 bridgehead atoms. The van der Waals surface area contributed by atoms with Gasteiger partial charge in [-0.2, -0.15) is 13.2 Å². The third-order valence-corrected chi connectivity index (χ3v) is 2.97. The van der Waals surface area contributed by atoms with Crippen LogP contribution in [0.25, 0.3) is 0 Å². The second kappa shape index (κ2) is 5.08. The predicted molar refractivity (Wildman–Crippen MR) is 57.1 cm³/mol. The molecule has 10 heteroatoms. The van der Waals surface area contributed by atoms with E-state index in [-0.39, 0.29) is 10.2 Å². The topological polar surface area (TPSA) is 35.2 Å². The average molecular weight is 356 g/mol. The number of anilines is 1. The molecule has 0 spiro atoms. The molecule has 0 aliphatic rings. The minimum Gasteiger partial charge on any atom is -0.405 e. The summed E-state index contributed by atoms with van der Waals surface area (Å²) < 4.78 is 76.1. The van der Waals surface area contributed by atoms with Gasteiger partial charge >= 0.3 is 11.9 Å². The molecule has 2 N–H and O–H groups in total. The number of alkyl halides is 6. The fourth-order valence-electron chi connectivity index (χ4n) is 0.960. The van der Waals surface area contributed by atoms with Crippen LogP contribution in [-0.4, -0.2) is 11.9 Å². The highest BCUT2D eigenvalue weighted by atomic mass is 79.9. The Morgan fingerprint density at radius 2 is 1.67 bits per heavy atom. The molecule has 0 saturated heterocycles. The molecule has 0 saturated carbocycles. The van der Waals surface area contributed by atoms with E-state index in [0.29, 0.717) is 0 Å². The third-order valence-electron chi connectivity index (χ3n) is 1.51. The van der Waals surface area contributed by atoms with E-state index in [1.165, 1.54) is 0 Å². The van der Waals surface area contributed by atoms with Crippen LogP contribution in [0.1, 0.15) is 0 Å². The highest BCUT2D eigenvalue weighted by molar-refractivity contribution is 9.10. The zero-order valence-corrected chi connectivity index (χ0v) is 10.6. The summed E-state index contributed by atoms with van der Waals surface area (Å²) in [4.78, 5) is -0.763. The van der Waals surface area contributed by atoms with Crippen molar-refractivity contribution in [3.8, 4) is 5.75 Å². The number of hydrogen-bond donors (Lipinski definition) is 1. The van der Waals surface area contributed by atoms with E-state index in [1.54, 1.807) is 0 Å². The van der Waals surface area contributed by atoms with Gasteiger partial charge in [-0.1, -0.05) is 0 Å². The van der Waals surface area contributed by atoms with Crippen molar-refractivity contribution >= 4 is 33.4 Å². The van der Waals surface area contributed by atoms with Gasteiger partial charge in [-0.3, -0.25) is 0 Å². The van der Waals surface area contributed by atoms with Crippen molar-refractivity contribution in [2.75, 3.05) is 5.73 Å². The summed E-state index contributed by atoms with van der Waals surface area (Å²) >= 11 is 2.07. The lowest BCUT2D eigenvalue weighted by Crippen LogP contribution is -2.18. The third kappa shape index (κ3) is 4.84. The molecular formula is C8H4BrF6NOS. The number of nitrogens with two attached hydrogens (primary N) is 1. The Morgan fingerprint density at radius 1 is 1.11 bits per heavy atom. The molecule has 102 valence electrons. The molecule has 0 aromatic heterocycles. The number of halogens is 7. The van der Waals surface area contributed by atoms with Gasteiger partial charge in [-0.15, -0.1) is 13.2 Å². The normalized spacial score (nSPS) is 12.6. The highest BCUT2D eigenvalue weighted by Crippen LogP contribution is 2.45. The minimum atomic E-state index is -5.09. The van der Waals surface area contributed by atoms with Crippen LogP contribution < -0.4 is 10.5 Å². The van der Waals surface area contributed by atoms with Crippen molar-refractivity contribution in [3.63, 3.8) is 0 Å². The molecule has 0 radical (unpaired) electrons. The molecule has 1 aromatic carbocycles. The van der Waals surface area contributed by atoms with Crippen LogP contribution in [0.5, 0.6) is 5.75 Å². The molecule has 0 aliphatic carbocycles. The monoisotopic (exact) mass is 355 g/mol. The standard InChI is InChI=1S/C8H4BrF6NOS/c9-3-1-5(17-7(10,11)12)6(2-4(3)16)18-8(13,14)15/h1-2H,16H2. The number of rotatable bonds is 2. The average Bonchev–Trinajstić information content (AvgIpc) is 2.08. The van der Waals surface area contributed by atoms with Crippen LogP contribution >= 0.6 is 27.7 Å². The Labute approximate surface area is 110 Å². The largest absolute Gasteiger partial charge is 0.573 e. The summed E-state index contributed by atoms with van der Waals surface area (Å²) in [6.45, 7) is 0. The number of benzene rings is 1. The van der Waals surface area contributed by atoms with E-state index in [4.69, 9.17) is 5.73 Å². The van der Waals surface area contributed by atoms with Crippen molar-refractivity contribution in [3.05, 3.63) is 16.6 Å². The first-order valence-electron chi connectivity index (χ1n) is 4.08. The van der Waals surface area contributed by atoms with Gasteiger partial charge in [0.1, 0.15) is 5.75 Å². The van der Waals surface area contributed by atoms with Crippen LogP contribution in [0.4, 0.5) is 32.0 Å². The lowest BCUT2D eigenvalue weighted by molar-refractivity contribution is -0.275. The van der Waals surface area contributed by atoms with E-state index in [1.807, 2.05) is 0 Å². The molecule has 0 fully saturated rings. The summed E-state index contributed by atoms with van der Waals surface area (Å²) in [5.74, 6) is -0.967. The number of thioether (sulfide) groups is 1. The number of hydrogen-bond acceptors (Lipinski definition) is 3. The molecule has 2 nitrogen and oxygen atoms in total. The molecule has 0 unspecified atom stereocenters. The van der Waals surface area contributed by atoms with E-state index >= 15 is 0 Å². The molecular weight excluding hydrogens is 352 g/mol.